The molecule has 0 saturated heterocycles. The fourth-order valence-electron chi connectivity index (χ4n) is 3.84. The number of benzene rings is 1. The molecule has 1 fully saturated rings. The quantitative estimate of drug-likeness (QED) is 0.475. The van der Waals surface area contributed by atoms with Crippen molar-refractivity contribution in [3.05, 3.63) is 35.4 Å². The van der Waals surface area contributed by atoms with Crippen LogP contribution in [0.4, 0.5) is 0 Å². The van der Waals surface area contributed by atoms with E-state index in [0.29, 0.717) is 24.0 Å². The normalized spacial score (nSPS) is 18.9. The number of rotatable bonds is 2. The number of terminal acetylenes is 1. The summed E-state index contributed by atoms with van der Waals surface area (Å²) >= 11 is 0. The van der Waals surface area contributed by atoms with Gasteiger partial charge in [-0.05, 0) is 134 Å². The van der Waals surface area contributed by atoms with Gasteiger partial charge in [0.05, 0.1) is 5.60 Å². The van der Waals surface area contributed by atoms with E-state index in [2.05, 4.69) is 95.4 Å². The minimum absolute atomic E-state index is 0.0589. The molecular formula is C32H22O3. The van der Waals surface area contributed by atoms with Crippen molar-refractivity contribution in [2.45, 2.75) is 44.6 Å². The van der Waals surface area contributed by atoms with Crippen molar-refractivity contribution in [2.24, 2.45) is 5.92 Å². The Hall–Kier alpha value is -5.00. The van der Waals surface area contributed by atoms with E-state index in [1.807, 2.05) is 6.92 Å². The summed E-state index contributed by atoms with van der Waals surface area (Å²) in [5.74, 6) is 37.0. The van der Waals surface area contributed by atoms with E-state index in [1.165, 1.54) is 12.1 Å². The Morgan fingerprint density at radius 2 is 1.34 bits per heavy atom. The van der Waals surface area contributed by atoms with Gasteiger partial charge >= 0.3 is 0 Å². The van der Waals surface area contributed by atoms with Crippen molar-refractivity contribution < 1.29 is 15.3 Å². The number of hydrogen-bond donors (Lipinski definition) is 3. The Kier molecular flexibility index (Phi) is 9.67. The summed E-state index contributed by atoms with van der Waals surface area (Å²) in [6, 6.07) is 2.97. The smallest absolute Gasteiger partial charge is 0.124 e. The SMILES string of the molecule is C#CC#CC#CC#CC#CC#CC#CC#Cc1cc(O)c(C2CC(C)(O)CCC2C(=C)C)c(O)c1. The molecule has 0 amide bonds. The third-order valence-corrected chi connectivity index (χ3v) is 5.31. The number of phenolic OH excluding ortho intramolecular Hbond substituents is 2. The highest BCUT2D eigenvalue weighted by atomic mass is 16.3. The Labute approximate surface area is 208 Å². The van der Waals surface area contributed by atoms with Gasteiger partial charge in [0, 0.05) is 17.0 Å². The standard InChI is InChI=1S/C32H22O3/c1-5-6-7-8-9-10-11-12-13-14-15-16-17-18-19-26-22-29(33)31(30(34)23-26)28-24-32(4,35)21-20-27(28)25(2)3/h1,22-23,27-28,33-35H,2,20-21,24H2,3-4H3. The topological polar surface area (TPSA) is 60.7 Å². The molecule has 1 aromatic carbocycles. The molecule has 0 radical (unpaired) electrons. The lowest BCUT2D eigenvalue weighted by molar-refractivity contribution is 0.00224. The summed E-state index contributed by atoms with van der Waals surface area (Å²) in [6.07, 6.45) is 6.74. The van der Waals surface area contributed by atoms with E-state index < -0.39 is 5.60 Å². The first-order valence-electron chi connectivity index (χ1n) is 10.7. The van der Waals surface area contributed by atoms with Crippen LogP contribution in [-0.4, -0.2) is 20.9 Å². The second-order valence-electron chi connectivity index (χ2n) is 8.12. The molecule has 0 bridgehead atoms. The fraction of sp³-hybridized carbons (Fsp3) is 0.250. The van der Waals surface area contributed by atoms with Gasteiger partial charge in [0.1, 0.15) is 11.5 Å². The van der Waals surface area contributed by atoms with Crippen LogP contribution in [0.25, 0.3) is 0 Å². The molecule has 3 N–H and O–H groups in total. The minimum atomic E-state index is -0.868. The maximum atomic E-state index is 10.7. The van der Waals surface area contributed by atoms with Crippen LogP contribution in [0.5, 0.6) is 11.5 Å². The first kappa shape index (κ1) is 26.3. The highest BCUT2D eigenvalue weighted by Crippen LogP contribution is 2.50. The van der Waals surface area contributed by atoms with Crippen LogP contribution in [0.3, 0.4) is 0 Å². The molecule has 3 nitrogen and oxygen atoms in total. The highest BCUT2D eigenvalue weighted by molar-refractivity contribution is 5.55. The lowest BCUT2D eigenvalue weighted by atomic mass is 9.67. The second-order valence-corrected chi connectivity index (χ2v) is 8.12. The number of aliphatic hydroxyl groups is 1. The largest absolute Gasteiger partial charge is 0.507 e. The lowest BCUT2D eigenvalue weighted by Crippen LogP contribution is -2.36. The van der Waals surface area contributed by atoms with Crippen molar-refractivity contribution in [3.8, 4) is 107 Å². The maximum absolute atomic E-state index is 10.7. The Balaban J connectivity index is 2.12. The van der Waals surface area contributed by atoms with E-state index in [4.69, 9.17) is 6.42 Å². The minimum Gasteiger partial charge on any atom is -0.507 e. The third kappa shape index (κ3) is 8.46. The van der Waals surface area contributed by atoms with Crippen molar-refractivity contribution in [2.75, 3.05) is 0 Å². The number of aromatic hydroxyl groups is 2. The summed E-state index contributed by atoms with van der Waals surface area (Å²) in [5.41, 5.74) is 0.908. The van der Waals surface area contributed by atoms with Gasteiger partial charge in [-0.3, -0.25) is 0 Å². The molecular weight excluding hydrogens is 432 g/mol. The second kappa shape index (κ2) is 12.9. The summed E-state index contributed by atoms with van der Waals surface area (Å²) in [4.78, 5) is 0. The molecule has 0 aromatic heterocycles. The monoisotopic (exact) mass is 454 g/mol. The number of allylic oxidation sites excluding steroid dienone is 1. The fourth-order valence-corrected chi connectivity index (χ4v) is 3.84. The summed E-state index contributed by atoms with van der Waals surface area (Å²) in [5, 5.41) is 31.9. The summed E-state index contributed by atoms with van der Waals surface area (Å²) in [6.45, 7) is 7.76. The first-order chi connectivity index (χ1) is 16.7. The van der Waals surface area contributed by atoms with Crippen molar-refractivity contribution in [3.63, 3.8) is 0 Å². The Morgan fingerprint density at radius 3 is 1.80 bits per heavy atom. The molecule has 1 saturated carbocycles. The van der Waals surface area contributed by atoms with E-state index in [1.54, 1.807) is 6.92 Å². The van der Waals surface area contributed by atoms with Crippen LogP contribution in [0.1, 0.15) is 50.2 Å². The molecule has 0 spiro atoms. The Bertz CT molecular complexity index is 1470. The molecule has 2 rings (SSSR count). The molecule has 1 aliphatic rings. The first-order valence-corrected chi connectivity index (χ1v) is 10.7. The molecule has 0 heterocycles. The maximum Gasteiger partial charge on any atom is 0.124 e. The van der Waals surface area contributed by atoms with Crippen LogP contribution < -0.4 is 0 Å². The molecule has 3 atom stereocenters. The molecule has 0 aliphatic heterocycles. The van der Waals surface area contributed by atoms with Gasteiger partial charge in [-0.15, -0.1) is 6.42 Å². The van der Waals surface area contributed by atoms with Crippen LogP contribution in [0.2, 0.25) is 0 Å². The lowest BCUT2D eigenvalue weighted by Gasteiger charge is -2.40. The van der Waals surface area contributed by atoms with Crippen molar-refractivity contribution in [1.29, 1.82) is 0 Å². The van der Waals surface area contributed by atoms with E-state index in [-0.39, 0.29) is 23.3 Å². The molecule has 168 valence electrons. The predicted molar refractivity (Wildman–Crippen MR) is 138 cm³/mol. The molecule has 1 aliphatic carbocycles. The summed E-state index contributed by atoms with van der Waals surface area (Å²) in [7, 11) is 0. The van der Waals surface area contributed by atoms with Gasteiger partial charge < -0.3 is 15.3 Å². The van der Waals surface area contributed by atoms with Crippen LogP contribution in [0.15, 0.2) is 24.3 Å². The van der Waals surface area contributed by atoms with Gasteiger partial charge in [-0.25, -0.2) is 0 Å². The predicted octanol–water partition coefficient (Wildman–Crippen LogP) is 3.31. The van der Waals surface area contributed by atoms with E-state index in [9.17, 15) is 15.3 Å². The van der Waals surface area contributed by atoms with Crippen LogP contribution in [-0.2, 0) is 0 Å². The molecule has 35 heavy (non-hydrogen) atoms. The van der Waals surface area contributed by atoms with Gasteiger partial charge in [-0.1, -0.05) is 18.1 Å². The van der Waals surface area contributed by atoms with Gasteiger partial charge in [0.2, 0.25) is 0 Å². The Morgan fingerprint density at radius 1 is 0.886 bits per heavy atom. The van der Waals surface area contributed by atoms with Gasteiger partial charge in [0.15, 0.2) is 0 Å². The zero-order valence-electron chi connectivity index (χ0n) is 19.6. The van der Waals surface area contributed by atoms with Crippen molar-refractivity contribution >= 4 is 0 Å². The summed E-state index contributed by atoms with van der Waals surface area (Å²) < 4.78 is 0. The zero-order valence-corrected chi connectivity index (χ0v) is 19.6. The number of phenols is 2. The zero-order chi connectivity index (χ0) is 25.7. The highest BCUT2D eigenvalue weighted by Gasteiger charge is 2.39. The number of hydrogen-bond acceptors (Lipinski definition) is 3. The molecule has 1 aromatic rings. The average molecular weight is 455 g/mol. The van der Waals surface area contributed by atoms with Crippen LogP contribution in [0, 0.1) is 101 Å². The molecule has 3 heteroatoms. The van der Waals surface area contributed by atoms with E-state index in [0.717, 1.165) is 12.0 Å². The van der Waals surface area contributed by atoms with Gasteiger partial charge in [0.25, 0.3) is 0 Å². The van der Waals surface area contributed by atoms with E-state index >= 15 is 0 Å². The molecule has 3 unspecified atom stereocenters. The van der Waals surface area contributed by atoms with Crippen LogP contribution >= 0.6 is 0 Å². The third-order valence-electron chi connectivity index (χ3n) is 5.31. The van der Waals surface area contributed by atoms with Crippen molar-refractivity contribution in [1.82, 2.24) is 0 Å². The average Bonchev–Trinajstić information content (AvgIpc) is 2.78. The van der Waals surface area contributed by atoms with Gasteiger partial charge in [-0.2, -0.15) is 0 Å².